The molecule has 0 aliphatic heterocycles. The Labute approximate surface area is 158 Å². The summed E-state index contributed by atoms with van der Waals surface area (Å²) in [6.45, 7) is 0. The lowest BCUT2D eigenvalue weighted by Gasteiger charge is -2.06. The first-order chi connectivity index (χ1) is 13.3. The van der Waals surface area contributed by atoms with Crippen LogP contribution in [0.4, 0.5) is 0 Å². The Bertz CT molecular complexity index is 1290. The van der Waals surface area contributed by atoms with Gasteiger partial charge in [0.05, 0.1) is 26.7 Å². The van der Waals surface area contributed by atoms with Crippen molar-refractivity contribution >= 4 is 32.6 Å². The zero-order valence-electron chi connectivity index (χ0n) is 14.3. The van der Waals surface area contributed by atoms with Gasteiger partial charge in [-0.3, -0.25) is 4.98 Å². The van der Waals surface area contributed by atoms with Gasteiger partial charge in [0.25, 0.3) is 0 Å². The maximum atomic E-state index is 13.2. The van der Waals surface area contributed by atoms with Crippen LogP contribution < -0.4 is 0 Å². The van der Waals surface area contributed by atoms with Gasteiger partial charge in [-0.25, -0.2) is 9.19 Å². The molecule has 0 amide bonds. The molecule has 0 fully saturated rings. The summed E-state index contributed by atoms with van der Waals surface area (Å²) >= 11 is 0. The first kappa shape index (κ1) is 15.9. The average Bonchev–Trinajstić information content (AvgIpc) is 3.17. The third kappa shape index (κ3) is 2.82. The van der Waals surface area contributed by atoms with Crippen molar-refractivity contribution in [3.05, 3.63) is 85.2 Å². The number of pyridine rings is 1. The van der Waals surface area contributed by atoms with Crippen LogP contribution in [0.3, 0.4) is 0 Å². The van der Waals surface area contributed by atoms with Crippen LogP contribution in [-0.2, 0) is 10.8 Å². The van der Waals surface area contributed by atoms with Gasteiger partial charge < -0.3 is 4.98 Å². The van der Waals surface area contributed by atoms with E-state index in [1.165, 1.54) is 0 Å². The predicted molar refractivity (Wildman–Crippen MR) is 108 cm³/mol. The molecule has 5 aromatic rings. The number of H-pyrrole nitrogens is 1. The summed E-state index contributed by atoms with van der Waals surface area (Å²) < 4.78 is 13.2. The van der Waals surface area contributed by atoms with Crippen LogP contribution in [0.2, 0.25) is 0 Å². The summed E-state index contributed by atoms with van der Waals surface area (Å²) in [5.74, 6) is 0.810. The normalized spacial score (nSPS) is 12.4. The van der Waals surface area contributed by atoms with Crippen molar-refractivity contribution < 1.29 is 4.21 Å². The number of aromatic nitrogens is 3. The fraction of sp³-hybridized carbons (Fsp3) is 0. The van der Waals surface area contributed by atoms with Crippen LogP contribution in [0, 0.1) is 0 Å². The van der Waals surface area contributed by atoms with Gasteiger partial charge in [0, 0.05) is 33.6 Å². The molecule has 2 heterocycles. The number of aromatic amines is 1. The molecule has 2 aromatic heterocycles. The molecule has 27 heavy (non-hydrogen) atoms. The van der Waals surface area contributed by atoms with Gasteiger partial charge in [0.15, 0.2) is 0 Å². The molecular weight excluding hydrogens is 354 g/mol. The molecule has 5 rings (SSSR count). The second-order valence-electron chi connectivity index (χ2n) is 6.25. The number of fused-ring (bicyclic) bond motifs is 2. The van der Waals surface area contributed by atoms with Crippen molar-refractivity contribution in [3.63, 3.8) is 0 Å². The zero-order chi connectivity index (χ0) is 18.2. The highest BCUT2D eigenvalue weighted by Crippen LogP contribution is 2.27. The molecule has 1 unspecified atom stereocenters. The van der Waals surface area contributed by atoms with E-state index in [-0.39, 0.29) is 0 Å². The standard InChI is InChI=1S/C22H15N3OS/c26-27(21-8-4-7-16-14-23-12-11-18(16)21)17-9-10-19-20(13-17)25-22(24-19)15-5-2-1-3-6-15/h1-14H,(H,24,25). The number of nitrogens with one attached hydrogen (secondary N) is 1. The first-order valence-corrected chi connectivity index (χ1v) is 9.74. The Morgan fingerprint density at radius 1 is 0.889 bits per heavy atom. The monoisotopic (exact) mass is 369 g/mol. The van der Waals surface area contributed by atoms with Crippen molar-refractivity contribution in [2.24, 2.45) is 0 Å². The number of hydrogen-bond acceptors (Lipinski definition) is 3. The Morgan fingerprint density at radius 2 is 1.78 bits per heavy atom. The van der Waals surface area contributed by atoms with Crippen molar-refractivity contribution in [2.75, 3.05) is 0 Å². The molecule has 0 saturated carbocycles. The zero-order valence-corrected chi connectivity index (χ0v) is 15.1. The van der Waals surface area contributed by atoms with Crippen LogP contribution in [0.25, 0.3) is 33.2 Å². The molecule has 0 saturated heterocycles. The molecule has 5 heteroatoms. The summed E-state index contributed by atoms with van der Waals surface area (Å²) in [6, 6.07) is 23.4. The maximum absolute atomic E-state index is 13.2. The number of imidazole rings is 1. The highest BCUT2D eigenvalue weighted by atomic mass is 32.2. The summed E-state index contributed by atoms with van der Waals surface area (Å²) in [5.41, 5.74) is 2.76. The third-order valence-corrected chi connectivity index (χ3v) is 5.99. The Kier molecular flexibility index (Phi) is 3.80. The number of rotatable bonds is 3. The molecule has 0 bridgehead atoms. The summed E-state index contributed by atoms with van der Waals surface area (Å²) in [4.78, 5) is 13.7. The quantitative estimate of drug-likeness (QED) is 0.490. The number of benzene rings is 3. The van der Waals surface area contributed by atoms with E-state index >= 15 is 0 Å². The minimum atomic E-state index is -1.29. The number of hydrogen-bond donors (Lipinski definition) is 1. The van der Waals surface area contributed by atoms with Gasteiger partial charge in [0.2, 0.25) is 0 Å². The maximum Gasteiger partial charge on any atom is 0.138 e. The lowest BCUT2D eigenvalue weighted by atomic mass is 10.2. The van der Waals surface area contributed by atoms with Crippen molar-refractivity contribution in [1.82, 2.24) is 15.0 Å². The van der Waals surface area contributed by atoms with Crippen LogP contribution in [0.5, 0.6) is 0 Å². The van der Waals surface area contributed by atoms with Crippen LogP contribution in [-0.4, -0.2) is 19.2 Å². The minimum absolute atomic E-state index is 0.745. The van der Waals surface area contributed by atoms with Gasteiger partial charge in [-0.15, -0.1) is 0 Å². The average molecular weight is 369 g/mol. The van der Waals surface area contributed by atoms with E-state index in [0.717, 1.165) is 43.0 Å². The highest BCUT2D eigenvalue weighted by molar-refractivity contribution is 7.85. The lowest BCUT2D eigenvalue weighted by molar-refractivity contribution is 0.684. The molecular formula is C22H15N3OS. The first-order valence-electron chi connectivity index (χ1n) is 8.59. The lowest BCUT2D eigenvalue weighted by Crippen LogP contribution is -1.94. The van der Waals surface area contributed by atoms with E-state index in [4.69, 9.17) is 0 Å². The van der Waals surface area contributed by atoms with Crippen LogP contribution >= 0.6 is 0 Å². The van der Waals surface area contributed by atoms with Crippen LogP contribution in [0.15, 0.2) is 95.0 Å². The van der Waals surface area contributed by atoms with Gasteiger partial charge in [-0.05, 0) is 30.3 Å². The smallest absolute Gasteiger partial charge is 0.138 e. The van der Waals surface area contributed by atoms with Crippen molar-refractivity contribution in [3.8, 4) is 11.4 Å². The second kappa shape index (κ2) is 6.45. The van der Waals surface area contributed by atoms with E-state index in [9.17, 15) is 4.21 Å². The molecule has 3 aromatic carbocycles. The second-order valence-corrected chi connectivity index (χ2v) is 7.70. The van der Waals surface area contributed by atoms with Crippen LogP contribution in [0.1, 0.15) is 0 Å². The molecule has 4 nitrogen and oxygen atoms in total. The van der Waals surface area contributed by atoms with Crippen molar-refractivity contribution in [1.29, 1.82) is 0 Å². The molecule has 1 atom stereocenters. The summed E-state index contributed by atoms with van der Waals surface area (Å²) in [6.07, 6.45) is 3.52. The molecule has 0 aliphatic rings. The van der Waals surface area contributed by atoms with Gasteiger partial charge in [-0.2, -0.15) is 0 Å². The Morgan fingerprint density at radius 3 is 2.67 bits per heavy atom. The molecule has 0 aliphatic carbocycles. The largest absolute Gasteiger partial charge is 0.338 e. The summed E-state index contributed by atoms with van der Waals surface area (Å²) in [5, 5.41) is 1.94. The Hall–Kier alpha value is -3.31. The predicted octanol–water partition coefficient (Wildman–Crippen LogP) is 4.94. The number of nitrogens with zero attached hydrogens (tertiary/aromatic N) is 2. The molecule has 0 radical (unpaired) electrons. The van der Waals surface area contributed by atoms with E-state index < -0.39 is 10.8 Å². The van der Waals surface area contributed by atoms with Gasteiger partial charge >= 0.3 is 0 Å². The topological polar surface area (TPSA) is 58.6 Å². The molecule has 1 N–H and O–H groups in total. The fourth-order valence-electron chi connectivity index (χ4n) is 3.22. The Balaban J connectivity index is 1.59. The third-order valence-electron chi connectivity index (χ3n) is 4.56. The van der Waals surface area contributed by atoms with Gasteiger partial charge in [0.1, 0.15) is 5.82 Å². The minimum Gasteiger partial charge on any atom is -0.338 e. The SMILES string of the molecule is O=S(c1ccc2nc(-c3ccccc3)[nH]c2c1)c1cccc2cnccc12. The molecule has 130 valence electrons. The molecule has 0 spiro atoms. The van der Waals surface area contributed by atoms with Gasteiger partial charge in [-0.1, -0.05) is 42.5 Å². The van der Waals surface area contributed by atoms with E-state index in [1.807, 2.05) is 72.8 Å². The van der Waals surface area contributed by atoms with E-state index in [0.29, 0.717) is 0 Å². The van der Waals surface area contributed by atoms with E-state index in [1.54, 1.807) is 12.4 Å². The highest BCUT2D eigenvalue weighted by Gasteiger charge is 2.13. The fourth-order valence-corrected chi connectivity index (χ4v) is 4.48. The van der Waals surface area contributed by atoms with Crippen molar-refractivity contribution in [2.45, 2.75) is 9.79 Å². The summed E-state index contributed by atoms with van der Waals surface area (Å²) in [7, 11) is -1.29. The van der Waals surface area contributed by atoms with E-state index in [2.05, 4.69) is 15.0 Å².